The van der Waals surface area contributed by atoms with Gasteiger partial charge in [0.1, 0.15) is 5.82 Å². The van der Waals surface area contributed by atoms with Gasteiger partial charge in [0.05, 0.1) is 0 Å². The molecule has 19 heavy (non-hydrogen) atoms. The van der Waals surface area contributed by atoms with Crippen molar-refractivity contribution in [1.82, 2.24) is 10.3 Å². The molecule has 100 valence electrons. The quantitative estimate of drug-likeness (QED) is 0.902. The third kappa shape index (κ3) is 3.61. The van der Waals surface area contributed by atoms with Crippen molar-refractivity contribution >= 4 is 15.9 Å². The second-order valence-electron chi connectivity index (χ2n) is 4.56. The molecular weight excluding hydrogens is 307 g/mol. The molecule has 0 bridgehead atoms. The van der Waals surface area contributed by atoms with Crippen LogP contribution in [0.3, 0.4) is 0 Å². The van der Waals surface area contributed by atoms with Gasteiger partial charge in [0.2, 0.25) is 0 Å². The third-order valence-electron chi connectivity index (χ3n) is 3.14. The highest BCUT2D eigenvalue weighted by atomic mass is 79.9. The summed E-state index contributed by atoms with van der Waals surface area (Å²) in [4.78, 5) is 4.01. The first kappa shape index (κ1) is 14.2. The molecule has 2 aromatic rings. The first-order valence-corrected chi connectivity index (χ1v) is 6.98. The van der Waals surface area contributed by atoms with Crippen molar-refractivity contribution in [3.63, 3.8) is 0 Å². The monoisotopic (exact) mass is 322 g/mol. The van der Waals surface area contributed by atoms with Crippen LogP contribution in [-0.4, -0.2) is 4.98 Å². The van der Waals surface area contributed by atoms with Crippen molar-refractivity contribution in [2.24, 2.45) is 0 Å². The Balaban J connectivity index is 2.10. The van der Waals surface area contributed by atoms with Crippen molar-refractivity contribution < 1.29 is 4.39 Å². The zero-order valence-corrected chi connectivity index (χ0v) is 12.5. The van der Waals surface area contributed by atoms with Crippen LogP contribution in [0.2, 0.25) is 0 Å². The number of hydrogen-bond acceptors (Lipinski definition) is 2. The van der Waals surface area contributed by atoms with Crippen LogP contribution >= 0.6 is 15.9 Å². The second-order valence-corrected chi connectivity index (χ2v) is 5.41. The van der Waals surface area contributed by atoms with Crippen molar-refractivity contribution in [2.45, 2.75) is 25.9 Å². The fourth-order valence-corrected chi connectivity index (χ4v) is 2.76. The lowest BCUT2D eigenvalue weighted by Crippen LogP contribution is -2.22. The Morgan fingerprint density at radius 2 is 1.79 bits per heavy atom. The van der Waals surface area contributed by atoms with Crippen molar-refractivity contribution in [3.8, 4) is 0 Å². The minimum absolute atomic E-state index is 0.123. The number of benzene rings is 1. The van der Waals surface area contributed by atoms with Crippen LogP contribution in [0.4, 0.5) is 4.39 Å². The van der Waals surface area contributed by atoms with Gasteiger partial charge in [0.25, 0.3) is 0 Å². The molecule has 2 atom stereocenters. The Kier molecular flexibility index (Phi) is 4.66. The van der Waals surface area contributed by atoms with Crippen LogP contribution < -0.4 is 5.32 Å². The standard InChI is InChI=1S/C15H16BrFN2/c1-10(12-5-7-18-8-6-12)19-11(2)14-4-3-13(17)9-15(14)16/h3-11,19H,1-2H3/t10-,11?/m1/s1. The van der Waals surface area contributed by atoms with Crippen LogP contribution in [0.1, 0.15) is 37.1 Å². The summed E-state index contributed by atoms with van der Waals surface area (Å²) >= 11 is 3.40. The maximum Gasteiger partial charge on any atom is 0.124 e. The Hall–Kier alpha value is -1.26. The molecule has 0 aliphatic carbocycles. The predicted octanol–water partition coefficient (Wildman–Crippen LogP) is 4.40. The number of nitrogens with one attached hydrogen (secondary N) is 1. The molecule has 0 amide bonds. The first-order valence-electron chi connectivity index (χ1n) is 6.19. The van der Waals surface area contributed by atoms with Crippen molar-refractivity contribution in [2.75, 3.05) is 0 Å². The van der Waals surface area contributed by atoms with E-state index < -0.39 is 0 Å². The zero-order valence-electron chi connectivity index (χ0n) is 10.9. The summed E-state index contributed by atoms with van der Waals surface area (Å²) in [5, 5.41) is 3.49. The molecule has 4 heteroatoms. The number of hydrogen-bond donors (Lipinski definition) is 1. The summed E-state index contributed by atoms with van der Waals surface area (Å²) in [6.07, 6.45) is 3.57. The average Bonchev–Trinajstić information content (AvgIpc) is 2.39. The van der Waals surface area contributed by atoms with Gasteiger partial charge in [-0.25, -0.2) is 4.39 Å². The van der Waals surface area contributed by atoms with Crippen molar-refractivity contribution in [3.05, 3.63) is 64.1 Å². The van der Waals surface area contributed by atoms with Gasteiger partial charge in [0, 0.05) is 29.0 Å². The van der Waals surface area contributed by atoms with Gasteiger partial charge < -0.3 is 5.32 Å². The number of halogens is 2. The Morgan fingerprint density at radius 1 is 1.11 bits per heavy atom. The van der Waals surface area contributed by atoms with E-state index in [1.54, 1.807) is 18.5 Å². The molecule has 1 heterocycles. The zero-order chi connectivity index (χ0) is 13.8. The van der Waals surface area contributed by atoms with Gasteiger partial charge in [-0.05, 0) is 49.2 Å². The Labute approximate surface area is 121 Å². The fourth-order valence-electron chi connectivity index (χ4n) is 2.07. The lowest BCUT2D eigenvalue weighted by Gasteiger charge is -2.21. The molecule has 1 aromatic carbocycles. The van der Waals surface area contributed by atoms with Gasteiger partial charge in [-0.2, -0.15) is 0 Å². The molecule has 1 unspecified atom stereocenters. The number of aromatic nitrogens is 1. The minimum Gasteiger partial charge on any atom is -0.304 e. The number of nitrogens with zero attached hydrogens (tertiary/aromatic N) is 1. The van der Waals surface area contributed by atoms with E-state index in [-0.39, 0.29) is 17.9 Å². The molecule has 0 aliphatic heterocycles. The maximum atomic E-state index is 13.1. The van der Waals surface area contributed by atoms with Crippen LogP contribution in [0, 0.1) is 5.82 Å². The average molecular weight is 323 g/mol. The molecule has 2 rings (SSSR count). The van der Waals surface area contributed by atoms with E-state index in [9.17, 15) is 4.39 Å². The largest absolute Gasteiger partial charge is 0.304 e. The van der Waals surface area contributed by atoms with Gasteiger partial charge in [-0.15, -0.1) is 0 Å². The van der Waals surface area contributed by atoms with E-state index >= 15 is 0 Å². The molecule has 0 radical (unpaired) electrons. The molecule has 0 saturated carbocycles. The Morgan fingerprint density at radius 3 is 2.42 bits per heavy atom. The molecule has 0 aliphatic rings. The predicted molar refractivity (Wildman–Crippen MR) is 78.3 cm³/mol. The van der Waals surface area contributed by atoms with E-state index in [4.69, 9.17) is 0 Å². The Bertz CT molecular complexity index is 545. The van der Waals surface area contributed by atoms with Gasteiger partial charge >= 0.3 is 0 Å². The summed E-state index contributed by atoms with van der Waals surface area (Å²) in [7, 11) is 0. The summed E-state index contributed by atoms with van der Waals surface area (Å²) in [6, 6.07) is 9.08. The molecule has 0 spiro atoms. The van der Waals surface area contributed by atoms with Crippen LogP contribution in [-0.2, 0) is 0 Å². The normalized spacial score (nSPS) is 14.1. The summed E-state index contributed by atoms with van der Waals surface area (Å²) < 4.78 is 13.9. The highest BCUT2D eigenvalue weighted by molar-refractivity contribution is 9.10. The molecule has 1 N–H and O–H groups in total. The van der Waals surface area contributed by atoms with Gasteiger partial charge in [-0.3, -0.25) is 4.98 Å². The minimum atomic E-state index is -0.231. The SMILES string of the molecule is CC(N[C@H](C)c1ccncc1)c1ccc(F)cc1Br. The summed E-state index contributed by atoms with van der Waals surface area (Å²) in [6.45, 7) is 4.17. The second kappa shape index (κ2) is 6.26. The van der Waals surface area contributed by atoms with E-state index in [2.05, 4.69) is 40.1 Å². The summed E-state index contributed by atoms with van der Waals surface area (Å²) in [5.74, 6) is -0.231. The lowest BCUT2D eigenvalue weighted by atomic mass is 10.1. The van der Waals surface area contributed by atoms with Crippen LogP contribution in [0.5, 0.6) is 0 Å². The van der Waals surface area contributed by atoms with Crippen LogP contribution in [0.15, 0.2) is 47.2 Å². The van der Waals surface area contributed by atoms with E-state index in [0.717, 1.165) is 10.0 Å². The highest BCUT2D eigenvalue weighted by Crippen LogP contribution is 2.26. The molecule has 0 saturated heterocycles. The lowest BCUT2D eigenvalue weighted by molar-refractivity contribution is 0.492. The number of rotatable bonds is 4. The molecule has 2 nitrogen and oxygen atoms in total. The van der Waals surface area contributed by atoms with Gasteiger partial charge in [0.15, 0.2) is 0 Å². The maximum absolute atomic E-state index is 13.1. The van der Waals surface area contributed by atoms with Crippen molar-refractivity contribution in [1.29, 1.82) is 0 Å². The van der Waals surface area contributed by atoms with Gasteiger partial charge in [-0.1, -0.05) is 22.0 Å². The molecular formula is C15H16BrFN2. The summed E-state index contributed by atoms with van der Waals surface area (Å²) in [5.41, 5.74) is 2.22. The highest BCUT2D eigenvalue weighted by Gasteiger charge is 2.13. The fraction of sp³-hybridized carbons (Fsp3) is 0.267. The van der Waals surface area contributed by atoms with E-state index in [0.29, 0.717) is 0 Å². The third-order valence-corrected chi connectivity index (χ3v) is 3.82. The first-order chi connectivity index (χ1) is 9.08. The topological polar surface area (TPSA) is 24.9 Å². The smallest absolute Gasteiger partial charge is 0.124 e. The molecule has 0 fully saturated rings. The number of pyridine rings is 1. The van der Waals surface area contributed by atoms with E-state index in [1.807, 2.05) is 12.1 Å². The van der Waals surface area contributed by atoms with Crippen LogP contribution in [0.25, 0.3) is 0 Å². The van der Waals surface area contributed by atoms with E-state index in [1.165, 1.54) is 17.7 Å². The molecule has 1 aromatic heterocycles.